The highest BCUT2D eigenvalue weighted by Crippen LogP contribution is 2.42. The van der Waals surface area contributed by atoms with Crippen LogP contribution >= 0.6 is 0 Å². The van der Waals surface area contributed by atoms with E-state index in [1.54, 1.807) is 12.1 Å². The van der Waals surface area contributed by atoms with Crippen LogP contribution in [0.15, 0.2) is 53.6 Å². The number of nitro groups is 1. The third kappa shape index (κ3) is 4.15. The molecule has 2 aromatic rings. The average molecular weight is 435 g/mol. The Hall–Kier alpha value is -3.27. The second-order valence-electron chi connectivity index (χ2n) is 8.29. The first kappa shape index (κ1) is 22.4. The highest BCUT2D eigenvalue weighted by molar-refractivity contribution is 6.05. The van der Waals surface area contributed by atoms with Gasteiger partial charge in [-0.25, -0.2) is 0 Å². The molecule has 0 saturated heterocycles. The van der Waals surface area contributed by atoms with Crippen LogP contribution < -0.4 is 0 Å². The van der Waals surface area contributed by atoms with Gasteiger partial charge in [-0.1, -0.05) is 32.9 Å². The van der Waals surface area contributed by atoms with Gasteiger partial charge in [0, 0.05) is 17.7 Å². The van der Waals surface area contributed by atoms with Crippen LogP contribution in [0.25, 0.3) is 0 Å². The molecule has 1 heterocycles. The van der Waals surface area contributed by atoms with Gasteiger partial charge in [0.1, 0.15) is 0 Å². The van der Waals surface area contributed by atoms with E-state index in [0.29, 0.717) is 0 Å². The predicted molar refractivity (Wildman–Crippen MR) is 107 cm³/mol. The van der Waals surface area contributed by atoms with Gasteiger partial charge in [-0.05, 0) is 40.8 Å². The van der Waals surface area contributed by atoms with Crippen molar-refractivity contribution in [3.05, 3.63) is 75.3 Å². The topological polar surface area (TPSA) is 96.0 Å². The molecule has 0 saturated carbocycles. The summed E-state index contributed by atoms with van der Waals surface area (Å²) in [5, 5.41) is 25.0. The highest BCUT2D eigenvalue weighted by atomic mass is 19.4. The zero-order chi connectivity index (χ0) is 23.2. The molecule has 1 N–H and O–H groups in total. The summed E-state index contributed by atoms with van der Waals surface area (Å²) >= 11 is 0. The normalized spacial score (nSPS) is 19.3. The first-order valence-corrected chi connectivity index (χ1v) is 9.30. The molecule has 31 heavy (non-hydrogen) atoms. The van der Waals surface area contributed by atoms with E-state index in [0.717, 1.165) is 17.7 Å². The van der Waals surface area contributed by atoms with Gasteiger partial charge in [0.15, 0.2) is 0 Å². The first-order chi connectivity index (χ1) is 14.2. The van der Waals surface area contributed by atoms with Crippen molar-refractivity contribution in [3.8, 4) is 0 Å². The van der Waals surface area contributed by atoms with E-state index in [1.165, 1.54) is 24.3 Å². The van der Waals surface area contributed by atoms with Gasteiger partial charge in [-0.15, -0.1) is 0 Å². The number of hydrogen-bond donors (Lipinski definition) is 1. The fourth-order valence-corrected chi connectivity index (χ4v) is 3.15. The molecule has 1 aliphatic heterocycles. The molecule has 1 amide bonds. The van der Waals surface area contributed by atoms with Gasteiger partial charge in [0.25, 0.3) is 17.3 Å². The molecule has 10 heteroatoms. The van der Waals surface area contributed by atoms with E-state index < -0.39 is 29.2 Å². The molecule has 3 rings (SSSR count). The van der Waals surface area contributed by atoms with Crippen LogP contribution in [0.4, 0.5) is 18.9 Å². The number of carbonyl (C=O) groups excluding carboxylic acids is 1. The number of nitrogens with zero attached hydrogens (tertiary/aromatic N) is 3. The number of carbonyl (C=O) groups is 1. The molecule has 1 unspecified atom stereocenters. The third-order valence-corrected chi connectivity index (χ3v) is 5.04. The van der Waals surface area contributed by atoms with E-state index in [-0.39, 0.29) is 32.9 Å². The summed E-state index contributed by atoms with van der Waals surface area (Å²) in [6.45, 7) is 5.86. The van der Waals surface area contributed by atoms with E-state index in [1.807, 2.05) is 20.8 Å². The fourth-order valence-electron chi connectivity index (χ4n) is 3.15. The molecule has 0 spiro atoms. The third-order valence-electron chi connectivity index (χ3n) is 5.04. The Morgan fingerprint density at radius 1 is 1.10 bits per heavy atom. The number of aliphatic hydroxyl groups is 1. The van der Waals surface area contributed by atoms with E-state index in [9.17, 15) is 33.2 Å². The summed E-state index contributed by atoms with van der Waals surface area (Å²) in [6, 6.07) is 10.7. The lowest BCUT2D eigenvalue weighted by molar-refractivity contribution is -0.384. The largest absolute Gasteiger partial charge is 0.438 e. The lowest BCUT2D eigenvalue weighted by Gasteiger charge is -2.32. The van der Waals surface area contributed by atoms with Crippen molar-refractivity contribution in [3.63, 3.8) is 0 Å². The van der Waals surface area contributed by atoms with Gasteiger partial charge in [-0.2, -0.15) is 23.3 Å². The number of rotatable bonds is 3. The molecule has 1 aliphatic rings. The standard InChI is InChI=1S/C21H20F3N3O4/c1-19(2,3)15-8-4-14(5-9-15)18(28)26-20(29,21(22,23)24)12-17(25-26)13-6-10-16(11-7-13)27(30)31/h4-11,29H,12H2,1-3H3. The minimum absolute atomic E-state index is 0.0375. The number of halogens is 3. The van der Waals surface area contributed by atoms with Crippen LogP contribution in [0.5, 0.6) is 0 Å². The van der Waals surface area contributed by atoms with Crippen LogP contribution in [0.2, 0.25) is 0 Å². The van der Waals surface area contributed by atoms with Crippen molar-refractivity contribution < 1.29 is 28.0 Å². The van der Waals surface area contributed by atoms with Gasteiger partial charge < -0.3 is 5.11 Å². The number of nitro benzene ring substituents is 1. The monoisotopic (exact) mass is 435 g/mol. The van der Waals surface area contributed by atoms with Crippen molar-refractivity contribution in [1.29, 1.82) is 0 Å². The Labute approximate surface area is 175 Å². The van der Waals surface area contributed by atoms with E-state index in [2.05, 4.69) is 5.10 Å². The summed E-state index contributed by atoms with van der Waals surface area (Å²) in [4.78, 5) is 23.0. The number of amides is 1. The number of alkyl halides is 3. The smallest absolute Gasteiger partial charge is 0.362 e. The van der Waals surface area contributed by atoms with Crippen molar-refractivity contribution in [2.45, 2.75) is 44.5 Å². The minimum Gasteiger partial charge on any atom is -0.362 e. The highest BCUT2D eigenvalue weighted by Gasteiger charge is 2.63. The Kier molecular flexibility index (Phi) is 5.39. The number of benzene rings is 2. The van der Waals surface area contributed by atoms with Crippen molar-refractivity contribution in [1.82, 2.24) is 5.01 Å². The molecule has 0 aliphatic carbocycles. The zero-order valence-corrected chi connectivity index (χ0v) is 17.0. The molecule has 0 radical (unpaired) electrons. The molecule has 2 aromatic carbocycles. The van der Waals surface area contributed by atoms with Crippen molar-refractivity contribution in [2.24, 2.45) is 5.10 Å². The van der Waals surface area contributed by atoms with Gasteiger partial charge in [0.05, 0.1) is 17.1 Å². The molecular weight excluding hydrogens is 415 g/mol. The SMILES string of the molecule is CC(C)(C)c1ccc(C(=O)N2N=C(c3ccc([N+](=O)[O-])cc3)CC2(O)C(F)(F)F)cc1. The number of non-ortho nitro benzene ring substituents is 1. The maximum Gasteiger partial charge on any atom is 0.438 e. The van der Waals surface area contributed by atoms with E-state index >= 15 is 0 Å². The van der Waals surface area contributed by atoms with Gasteiger partial charge in [0.2, 0.25) is 0 Å². The summed E-state index contributed by atoms with van der Waals surface area (Å²) in [6.07, 6.45) is -6.18. The van der Waals surface area contributed by atoms with Crippen LogP contribution in [0.3, 0.4) is 0 Å². The first-order valence-electron chi connectivity index (χ1n) is 9.30. The lowest BCUT2D eigenvalue weighted by atomic mass is 9.86. The van der Waals surface area contributed by atoms with Crippen LogP contribution in [0, 0.1) is 10.1 Å². The predicted octanol–water partition coefficient (Wildman–Crippen LogP) is 4.39. The molecule has 0 fully saturated rings. The molecule has 0 aromatic heterocycles. The van der Waals surface area contributed by atoms with Crippen LogP contribution in [-0.2, 0) is 5.41 Å². The average Bonchev–Trinajstić information content (AvgIpc) is 3.06. The molecule has 7 nitrogen and oxygen atoms in total. The zero-order valence-electron chi connectivity index (χ0n) is 17.0. The number of hydrogen-bond acceptors (Lipinski definition) is 5. The molecule has 1 atom stereocenters. The Morgan fingerprint density at radius 3 is 2.10 bits per heavy atom. The Bertz CT molecular complexity index is 1040. The Balaban J connectivity index is 1.99. The molecule has 164 valence electrons. The van der Waals surface area contributed by atoms with Crippen molar-refractivity contribution in [2.75, 3.05) is 0 Å². The second-order valence-corrected chi connectivity index (χ2v) is 8.29. The minimum atomic E-state index is -5.18. The Morgan fingerprint density at radius 2 is 1.65 bits per heavy atom. The van der Waals surface area contributed by atoms with Crippen LogP contribution in [-0.4, -0.2) is 38.6 Å². The fraction of sp³-hybridized carbons (Fsp3) is 0.333. The van der Waals surface area contributed by atoms with E-state index in [4.69, 9.17) is 0 Å². The maximum atomic E-state index is 13.7. The quantitative estimate of drug-likeness (QED) is 0.571. The van der Waals surface area contributed by atoms with Crippen molar-refractivity contribution >= 4 is 17.3 Å². The van der Waals surface area contributed by atoms with Gasteiger partial charge in [-0.3, -0.25) is 14.9 Å². The second kappa shape index (κ2) is 7.45. The van der Waals surface area contributed by atoms with Crippen LogP contribution in [0.1, 0.15) is 48.7 Å². The maximum absolute atomic E-state index is 13.7. The lowest BCUT2D eigenvalue weighted by Crippen LogP contribution is -2.56. The summed E-state index contributed by atoms with van der Waals surface area (Å²) < 4.78 is 41.2. The molecular formula is C21H20F3N3O4. The van der Waals surface area contributed by atoms with Gasteiger partial charge >= 0.3 is 6.18 Å². The summed E-state index contributed by atoms with van der Waals surface area (Å²) in [7, 11) is 0. The number of hydrazone groups is 1. The summed E-state index contributed by atoms with van der Waals surface area (Å²) in [5.74, 6) is -1.11. The molecule has 0 bridgehead atoms. The summed E-state index contributed by atoms with van der Waals surface area (Å²) in [5.41, 5.74) is -3.27.